The van der Waals surface area contributed by atoms with Crippen molar-refractivity contribution in [1.29, 1.82) is 0 Å². The number of rotatable bonds is 1. The van der Waals surface area contributed by atoms with Gasteiger partial charge in [0.25, 0.3) is 0 Å². The van der Waals surface area contributed by atoms with Gasteiger partial charge in [-0.15, -0.1) is 0 Å². The summed E-state index contributed by atoms with van der Waals surface area (Å²) < 4.78 is 4.86. The topological polar surface area (TPSA) is 39.2 Å². The average molecular weight is 257 g/mol. The van der Waals surface area contributed by atoms with E-state index in [1.54, 1.807) is 6.07 Å². The summed E-state index contributed by atoms with van der Waals surface area (Å²) in [6, 6.07) is 7.73. The minimum absolute atomic E-state index is 0.0201. The minimum atomic E-state index is -0.318. The van der Waals surface area contributed by atoms with E-state index >= 15 is 0 Å². The van der Waals surface area contributed by atoms with Crippen molar-refractivity contribution >= 4 is 16.9 Å². The Labute approximate surface area is 113 Å². The first-order valence-electron chi connectivity index (χ1n) is 6.34. The van der Waals surface area contributed by atoms with Gasteiger partial charge in [0.05, 0.1) is 18.2 Å². The Bertz CT molecular complexity index is 639. The molecule has 3 heteroatoms. The van der Waals surface area contributed by atoms with Gasteiger partial charge in [0.2, 0.25) is 0 Å². The van der Waals surface area contributed by atoms with E-state index in [0.29, 0.717) is 5.56 Å². The normalized spacial score (nSPS) is 11.6. The summed E-state index contributed by atoms with van der Waals surface area (Å²) in [5.74, 6) is -0.318. The summed E-state index contributed by atoms with van der Waals surface area (Å²) in [6.07, 6.45) is 0. The van der Waals surface area contributed by atoms with Crippen LogP contribution in [-0.4, -0.2) is 18.1 Å². The third-order valence-corrected chi connectivity index (χ3v) is 3.18. The molecular weight excluding hydrogens is 238 g/mol. The number of nitrogens with zero attached hydrogens (tertiary/aromatic N) is 1. The van der Waals surface area contributed by atoms with Gasteiger partial charge in [-0.3, -0.25) is 4.98 Å². The van der Waals surface area contributed by atoms with E-state index in [1.807, 2.05) is 19.1 Å². The van der Waals surface area contributed by atoms with Crippen LogP contribution in [0, 0.1) is 6.92 Å². The van der Waals surface area contributed by atoms with E-state index in [0.717, 1.165) is 22.2 Å². The zero-order chi connectivity index (χ0) is 14.2. The van der Waals surface area contributed by atoms with E-state index in [-0.39, 0.29) is 11.4 Å². The van der Waals surface area contributed by atoms with E-state index < -0.39 is 0 Å². The monoisotopic (exact) mass is 257 g/mol. The largest absolute Gasteiger partial charge is 0.465 e. The van der Waals surface area contributed by atoms with Crippen LogP contribution in [0.4, 0.5) is 0 Å². The number of carbonyl (C=O) groups excluding carboxylic acids is 1. The highest BCUT2D eigenvalue weighted by Gasteiger charge is 2.20. The molecule has 1 aromatic heterocycles. The Morgan fingerprint density at radius 2 is 1.95 bits per heavy atom. The molecule has 0 saturated carbocycles. The molecular formula is C16H19NO2. The van der Waals surface area contributed by atoms with Gasteiger partial charge in [-0.05, 0) is 24.0 Å². The second-order valence-corrected chi connectivity index (χ2v) is 5.75. The van der Waals surface area contributed by atoms with Crippen LogP contribution in [0.5, 0.6) is 0 Å². The fourth-order valence-corrected chi connectivity index (χ4v) is 2.26. The summed E-state index contributed by atoms with van der Waals surface area (Å²) in [6.45, 7) is 8.32. The smallest absolute Gasteiger partial charge is 0.338 e. The van der Waals surface area contributed by atoms with Gasteiger partial charge >= 0.3 is 5.97 Å². The molecule has 2 rings (SSSR count). The van der Waals surface area contributed by atoms with Crippen molar-refractivity contribution in [1.82, 2.24) is 4.98 Å². The number of benzene rings is 1. The molecule has 19 heavy (non-hydrogen) atoms. The molecule has 2 aromatic rings. The Kier molecular flexibility index (Phi) is 3.31. The maximum atomic E-state index is 11.9. The van der Waals surface area contributed by atoms with Crippen molar-refractivity contribution in [3.63, 3.8) is 0 Å². The first kappa shape index (κ1) is 13.5. The number of esters is 1. The third-order valence-electron chi connectivity index (χ3n) is 3.18. The molecule has 0 saturated heterocycles. The van der Waals surface area contributed by atoms with Crippen molar-refractivity contribution < 1.29 is 9.53 Å². The Balaban J connectivity index is 2.85. The molecule has 0 amide bonds. The van der Waals surface area contributed by atoms with Crippen molar-refractivity contribution in [3.05, 3.63) is 41.1 Å². The van der Waals surface area contributed by atoms with E-state index in [9.17, 15) is 4.79 Å². The number of methoxy groups -OCH3 is 1. The van der Waals surface area contributed by atoms with Crippen molar-refractivity contribution in [2.75, 3.05) is 7.11 Å². The van der Waals surface area contributed by atoms with Crippen LogP contribution < -0.4 is 0 Å². The summed E-state index contributed by atoms with van der Waals surface area (Å²) in [7, 11) is 1.40. The van der Waals surface area contributed by atoms with Gasteiger partial charge in [-0.25, -0.2) is 4.79 Å². The van der Waals surface area contributed by atoms with Gasteiger partial charge in [0.1, 0.15) is 0 Å². The van der Waals surface area contributed by atoms with Gasteiger partial charge in [0, 0.05) is 11.1 Å². The van der Waals surface area contributed by atoms with Crippen molar-refractivity contribution in [3.8, 4) is 0 Å². The molecule has 0 bridgehead atoms. The maximum absolute atomic E-state index is 11.9. The third kappa shape index (κ3) is 2.46. The lowest BCUT2D eigenvalue weighted by Crippen LogP contribution is -2.13. The van der Waals surface area contributed by atoms with E-state index in [4.69, 9.17) is 4.74 Å². The molecule has 0 aliphatic carbocycles. The fourth-order valence-electron chi connectivity index (χ4n) is 2.26. The molecule has 0 N–H and O–H groups in total. The first-order chi connectivity index (χ1) is 8.84. The number of pyridine rings is 1. The first-order valence-corrected chi connectivity index (χ1v) is 6.34. The molecule has 0 atom stereocenters. The SMILES string of the molecule is COC(=O)c1cc(C)nc2c(C(C)(C)C)cccc12. The molecule has 3 nitrogen and oxygen atoms in total. The van der Waals surface area contributed by atoms with E-state index in [1.165, 1.54) is 7.11 Å². The van der Waals surface area contributed by atoms with Crippen molar-refractivity contribution in [2.24, 2.45) is 0 Å². The predicted octanol–water partition coefficient (Wildman–Crippen LogP) is 3.63. The number of fused-ring (bicyclic) bond motifs is 1. The summed E-state index contributed by atoms with van der Waals surface area (Å²) in [5, 5.41) is 0.852. The summed E-state index contributed by atoms with van der Waals surface area (Å²) >= 11 is 0. The van der Waals surface area contributed by atoms with Gasteiger partial charge < -0.3 is 4.74 Å². The van der Waals surface area contributed by atoms with Crippen LogP contribution >= 0.6 is 0 Å². The zero-order valence-corrected chi connectivity index (χ0v) is 12.1. The number of ether oxygens (including phenoxy) is 1. The second-order valence-electron chi connectivity index (χ2n) is 5.75. The molecule has 1 aromatic carbocycles. The average Bonchev–Trinajstić information content (AvgIpc) is 2.34. The molecule has 0 unspecified atom stereocenters. The molecule has 1 heterocycles. The summed E-state index contributed by atoms with van der Waals surface area (Å²) in [5.41, 5.74) is 3.41. The Hall–Kier alpha value is -1.90. The van der Waals surface area contributed by atoms with Crippen LogP contribution in [-0.2, 0) is 10.2 Å². The standard InChI is InChI=1S/C16H19NO2/c1-10-9-12(15(18)19-5)11-7-6-8-13(14(11)17-10)16(2,3)4/h6-9H,1-5H3. The lowest BCUT2D eigenvalue weighted by molar-refractivity contribution is 0.0603. The Morgan fingerprint density at radius 3 is 2.53 bits per heavy atom. The zero-order valence-electron chi connectivity index (χ0n) is 12.1. The van der Waals surface area contributed by atoms with Crippen LogP contribution in [0.1, 0.15) is 42.4 Å². The lowest BCUT2D eigenvalue weighted by Gasteiger charge is -2.21. The van der Waals surface area contributed by atoms with Crippen LogP contribution in [0.3, 0.4) is 0 Å². The van der Waals surface area contributed by atoms with E-state index in [2.05, 4.69) is 31.8 Å². The van der Waals surface area contributed by atoms with Crippen LogP contribution in [0.15, 0.2) is 24.3 Å². The predicted molar refractivity (Wildman–Crippen MR) is 76.5 cm³/mol. The van der Waals surface area contributed by atoms with Gasteiger partial charge in [0.15, 0.2) is 0 Å². The van der Waals surface area contributed by atoms with Crippen LogP contribution in [0.25, 0.3) is 10.9 Å². The molecule has 0 aliphatic rings. The maximum Gasteiger partial charge on any atom is 0.338 e. The number of carbonyl (C=O) groups is 1. The number of para-hydroxylation sites is 1. The molecule has 0 spiro atoms. The van der Waals surface area contributed by atoms with Crippen molar-refractivity contribution in [2.45, 2.75) is 33.1 Å². The Morgan fingerprint density at radius 1 is 1.26 bits per heavy atom. The minimum Gasteiger partial charge on any atom is -0.465 e. The molecule has 0 radical (unpaired) electrons. The molecule has 0 aliphatic heterocycles. The lowest BCUT2D eigenvalue weighted by atomic mass is 9.85. The highest BCUT2D eigenvalue weighted by atomic mass is 16.5. The number of hydrogen-bond donors (Lipinski definition) is 0. The number of hydrogen-bond acceptors (Lipinski definition) is 3. The number of aromatic nitrogens is 1. The van der Waals surface area contributed by atoms with Crippen LogP contribution in [0.2, 0.25) is 0 Å². The molecule has 0 fully saturated rings. The summed E-state index contributed by atoms with van der Waals surface area (Å²) in [4.78, 5) is 16.5. The van der Waals surface area contributed by atoms with Gasteiger partial charge in [-0.1, -0.05) is 39.0 Å². The molecule has 100 valence electrons. The highest BCUT2D eigenvalue weighted by Crippen LogP contribution is 2.30. The van der Waals surface area contributed by atoms with Gasteiger partial charge in [-0.2, -0.15) is 0 Å². The number of aryl methyl sites for hydroxylation is 1. The highest BCUT2D eigenvalue weighted by molar-refractivity contribution is 6.04. The fraction of sp³-hybridized carbons (Fsp3) is 0.375. The quantitative estimate of drug-likeness (QED) is 0.732. The second kappa shape index (κ2) is 4.65.